The van der Waals surface area contributed by atoms with Gasteiger partial charge in [-0.3, -0.25) is 4.90 Å². The van der Waals surface area contributed by atoms with Crippen molar-refractivity contribution in [3.05, 3.63) is 59.9 Å². The minimum Gasteiger partial charge on any atom is -0.467 e. The van der Waals surface area contributed by atoms with Gasteiger partial charge in [-0.1, -0.05) is 18.2 Å². The van der Waals surface area contributed by atoms with Crippen LogP contribution in [0.15, 0.2) is 48.5 Å². The second kappa shape index (κ2) is 4.47. The van der Waals surface area contributed by atoms with E-state index in [0.717, 1.165) is 11.3 Å². The molecular weight excluding hydrogens is 283 g/mol. The highest BCUT2D eigenvalue weighted by atomic mass is 19.1. The summed E-state index contributed by atoms with van der Waals surface area (Å²) in [5.74, 6) is 0.437. The van der Waals surface area contributed by atoms with Gasteiger partial charge in [0.1, 0.15) is 11.6 Å². The first-order valence-electron chi connectivity index (χ1n) is 7.21. The molecule has 2 heterocycles. The minimum atomic E-state index is -0.792. The van der Waals surface area contributed by atoms with E-state index in [1.54, 1.807) is 17.0 Å². The number of hydrogen-bond donors (Lipinski definition) is 1. The maximum Gasteiger partial charge on any atom is 0.325 e. The summed E-state index contributed by atoms with van der Waals surface area (Å²) in [5, 5.41) is 3.01. The molecule has 0 radical (unpaired) electrons. The Bertz CT molecular complexity index is 747. The normalized spacial score (nSPS) is 26.0. The highest BCUT2D eigenvalue weighted by molar-refractivity contribution is 5.94. The molecule has 2 aromatic rings. The second-order valence-corrected chi connectivity index (χ2v) is 5.83. The summed E-state index contributed by atoms with van der Waals surface area (Å²) in [6.07, 6.45) is 0.632. The van der Waals surface area contributed by atoms with E-state index in [-0.39, 0.29) is 17.9 Å². The van der Waals surface area contributed by atoms with Gasteiger partial charge in [-0.05, 0) is 37.3 Å². The van der Waals surface area contributed by atoms with Crippen LogP contribution in [0, 0.1) is 5.82 Å². The Morgan fingerprint density at radius 1 is 1.23 bits per heavy atom. The van der Waals surface area contributed by atoms with Crippen LogP contribution in [0.1, 0.15) is 24.9 Å². The molecule has 1 N–H and O–H groups in total. The smallest absolute Gasteiger partial charge is 0.325 e. The van der Waals surface area contributed by atoms with Gasteiger partial charge in [-0.2, -0.15) is 0 Å². The van der Waals surface area contributed by atoms with Crippen molar-refractivity contribution >= 4 is 11.7 Å². The van der Waals surface area contributed by atoms with E-state index in [0.29, 0.717) is 12.1 Å². The van der Waals surface area contributed by atoms with Gasteiger partial charge in [0.25, 0.3) is 0 Å². The molecule has 5 heteroatoms. The zero-order valence-electron chi connectivity index (χ0n) is 12.0. The van der Waals surface area contributed by atoms with Gasteiger partial charge in [0.15, 0.2) is 5.72 Å². The number of rotatable bonds is 1. The molecule has 1 saturated heterocycles. The molecule has 0 aromatic heterocycles. The highest BCUT2D eigenvalue weighted by Gasteiger charge is 2.49. The summed E-state index contributed by atoms with van der Waals surface area (Å²) in [4.78, 5) is 14.1. The first kappa shape index (κ1) is 13.1. The molecule has 2 bridgehead atoms. The molecule has 0 saturated carbocycles. The first-order valence-corrected chi connectivity index (χ1v) is 7.21. The van der Waals surface area contributed by atoms with Crippen molar-refractivity contribution in [2.45, 2.75) is 25.1 Å². The third-order valence-corrected chi connectivity index (χ3v) is 4.27. The largest absolute Gasteiger partial charge is 0.467 e. The molecule has 22 heavy (non-hydrogen) atoms. The number of para-hydroxylation sites is 1. The Kier molecular flexibility index (Phi) is 2.66. The number of carbonyl (C=O) groups is 1. The Morgan fingerprint density at radius 3 is 2.73 bits per heavy atom. The summed E-state index contributed by atoms with van der Waals surface area (Å²) in [7, 11) is 0. The highest BCUT2D eigenvalue weighted by Crippen LogP contribution is 2.45. The van der Waals surface area contributed by atoms with E-state index in [9.17, 15) is 9.18 Å². The van der Waals surface area contributed by atoms with Crippen LogP contribution in [0.2, 0.25) is 0 Å². The number of urea groups is 1. The van der Waals surface area contributed by atoms with Crippen LogP contribution in [-0.4, -0.2) is 11.8 Å². The number of amides is 2. The van der Waals surface area contributed by atoms with E-state index in [4.69, 9.17) is 4.74 Å². The molecule has 2 amide bonds. The predicted octanol–water partition coefficient (Wildman–Crippen LogP) is 3.60. The van der Waals surface area contributed by atoms with E-state index in [2.05, 4.69) is 5.32 Å². The van der Waals surface area contributed by atoms with Crippen molar-refractivity contribution in [3.8, 4) is 5.75 Å². The second-order valence-electron chi connectivity index (χ2n) is 5.83. The van der Waals surface area contributed by atoms with E-state index >= 15 is 0 Å². The number of anilines is 1. The Hall–Kier alpha value is -2.56. The minimum absolute atomic E-state index is 0.0702. The summed E-state index contributed by atoms with van der Waals surface area (Å²) < 4.78 is 19.3. The van der Waals surface area contributed by atoms with Crippen molar-refractivity contribution in [1.82, 2.24) is 5.32 Å². The standard InChI is InChI=1S/C17H15FN2O2/c1-17-10-14(13-4-2-3-5-15(13)22-17)19-16(21)20(17)12-8-6-11(18)7-9-12/h2-9,14H,10H2,1H3,(H,19,21)/t14-,17+/m1/s1. The van der Waals surface area contributed by atoms with Crippen LogP contribution in [0.3, 0.4) is 0 Å². The summed E-state index contributed by atoms with van der Waals surface area (Å²) in [6.45, 7) is 1.89. The number of carbonyl (C=O) groups excluding carboxylic acids is 1. The average Bonchev–Trinajstić information content (AvgIpc) is 2.48. The third kappa shape index (κ3) is 1.85. The summed E-state index contributed by atoms with van der Waals surface area (Å²) >= 11 is 0. The van der Waals surface area contributed by atoms with Crippen LogP contribution in [0.25, 0.3) is 0 Å². The SMILES string of the molecule is C[C@]12C[C@@H](NC(=O)N1c1ccc(F)cc1)c1ccccc1O2. The lowest BCUT2D eigenvalue weighted by atomic mass is 9.90. The molecule has 2 aliphatic rings. The molecular formula is C17H15FN2O2. The number of fused-ring (bicyclic) bond motifs is 4. The quantitative estimate of drug-likeness (QED) is 0.874. The lowest BCUT2D eigenvalue weighted by Crippen LogP contribution is -2.65. The maximum absolute atomic E-state index is 13.1. The number of ether oxygens (including phenoxy) is 1. The number of nitrogens with zero attached hydrogens (tertiary/aromatic N) is 1. The zero-order chi connectivity index (χ0) is 15.3. The molecule has 0 spiro atoms. The van der Waals surface area contributed by atoms with Gasteiger partial charge in [-0.15, -0.1) is 0 Å². The number of nitrogens with one attached hydrogen (secondary N) is 1. The van der Waals surface area contributed by atoms with Crippen molar-refractivity contribution < 1.29 is 13.9 Å². The monoisotopic (exact) mass is 298 g/mol. The number of hydrogen-bond acceptors (Lipinski definition) is 2. The van der Waals surface area contributed by atoms with E-state index in [1.807, 2.05) is 31.2 Å². The van der Waals surface area contributed by atoms with Crippen molar-refractivity contribution in [2.24, 2.45) is 0 Å². The summed E-state index contributed by atoms with van der Waals surface area (Å²) in [6, 6.07) is 13.3. The van der Waals surface area contributed by atoms with Gasteiger partial charge in [-0.25, -0.2) is 9.18 Å². The van der Waals surface area contributed by atoms with Crippen LogP contribution >= 0.6 is 0 Å². The fraction of sp³-hybridized carbons (Fsp3) is 0.235. The van der Waals surface area contributed by atoms with Gasteiger partial charge >= 0.3 is 6.03 Å². The lowest BCUT2D eigenvalue weighted by molar-refractivity contribution is 0.0378. The molecule has 2 atom stereocenters. The Labute approximate surface area is 127 Å². The van der Waals surface area contributed by atoms with Crippen LogP contribution in [-0.2, 0) is 0 Å². The average molecular weight is 298 g/mol. The molecule has 4 nitrogen and oxygen atoms in total. The topological polar surface area (TPSA) is 41.6 Å². The maximum atomic E-state index is 13.1. The van der Waals surface area contributed by atoms with E-state index in [1.165, 1.54) is 12.1 Å². The van der Waals surface area contributed by atoms with Gasteiger partial charge < -0.3 is 10.1 Å². The number of benzene rings is 2. The van der Waals surface area contributed by atoms with Crippen LogP contribution in [0.4, 0.5) is 14.9 Å². The summed E-state index contributed by atoms with van der Waals surface area (Å²) in [5.41, 5.74) is 0.811. The molecule has 0 unspecified atom stereocenters. The zero-order valence-corrected chi connectivity index (χ0v) is 12.0. The molecule has 2 aromatic carbocycles. The van der Waals surface area contributed by atoms with Crippen molar-refractivity contribution in [1.29, 1.82) is 0 Å². The molecule has 112 valence electrons. The van der Waals surface area contributed by atoms with Gasteiger partial charge in [0.05, 0.1) is 6.04 Å². The molecule has 0 aliphatic carbocycles. The molecule has 1 fully saturated rings. The predicted molar refractivity (Wildman–Crippen MR) is 80.2 cm³/mol. The van der Waals surface area contributed by atoms with Crippen LogP contribution in [0.5, 0.6) is 5.75 Å². The van der Waals surface area contributed by atoms with Gasteiger partial charge in [0, 0.05) is 17.7 Å². The van der Waals surface area contributed by atoms with Crippen molar-refractivity contribution in [3.63, 3.8) is 0 Å². The molecule has 2 aliphatic heterocycles. The molecule has 4 rings (SSSR count). The Morgan fingerprint density at radius 2 is 1.95 bits per heavy atom. The lowest BCUT2D eigenvalue weighted by Gasteiger charge is -2.50. The fourth-order valence-electron chi connectivity index (χ4n) is 3.30. The van der Waals surface area contributed by atoms with Gasteiger partial charge in [0.2, 0.25) is 0 Å². The van der Waals surface area contributed by atoms with E-state index < -0.39 is 5.72 Å². The Balaban J connectivity index is 1.80. The van der Waals surface area contributed by atoms with Crippen LogP contribution < -0.4 is 15.0 Å². The number of halogens is 1. The fourth-order valence-corrected chi connectivity index (χ4v) is 3.30. The third-order valence-electron chi connectivity index (χ3n) is 4.27. The first-order chi connectivity index (χ1) is 10.6. The van der Waals surface area contributed by atoms with Crippen molar-refractivity contribution in [2.75, 3.05) is 4.90 Å².